The first-order chi connectivity index (χ1) is 12.8. The molecule has 0 saturated carbocycles. The highest BCUT2D eigenvalue weighted by Crippen LogP contribution is 2.22. The quantitative estimate of drug-likeness (QED) is 0.712. The third kappa shape index (κ3) is 5.21. The summed E-state index contributed by atoms with van der Waals surface area (Å²) in [6, 6.07) is 14.9. The van der Waals surface area contributed by atoms with E-state index in [2.05, 4.69) is 0 Å². The lowest BCUT2D eigenvalue weighted by molar-refractivity contribution is -0.128. The standard InChI is InChI=1S/C21H22ClNO3S/c1-16-6-8-17(9-7-16)14-23(19-12-13-27(25,26)15-19)21(24)11-10-18-4-2-3-5-20(18)22/h2-11,19H,12-15H2,1H3/b11-10+. The number of nitrogens with zero attached hydrogens (tertiary/aromatic N) is 1. The molecule has 2 aromatic carbocycles. The zero-order valence-corrected chi connectivity index (χ0v) is 16.7. The highest BCUT2D eigenvalue weighted by atomic mass is 35.5. The molecule has 142 valence electrons. The van der Waals surface area contributed by atoms with E-state index >= 15 is 0 Å². The first kappa shape index (κ1) is 19.6. The third-order valence-corrected chi connectivity index (χ3v) is 6.81. The minimum absolute atomic E-state index is 0.0184. The van der Waals surface area contributed by atoms with Crippen molar-refractivity contribution >= 4 is 33.4 Å². The lowest BCUT2D eigenvalue weighted by atomic mass is 10.1. The number of carbonyl (C=O) groups is 1. The van der Waals surface area contributed by atoms with Gasteiger partial charge in [-0.1, -0.05) is 59.6 Å². The van der Waals surface area contributed by atoms with Crippen LogP contribution in [-0.2, 0) is 21.2 Å². The molecule has 1 amide bonds. The number of sulfone groups is 1. The highest BCUT2D eigenvalue weighted by Gasteiger charge is 2.34. The van der Waals surface area contributed by atoms with E-state index in [1.165, 1.54) is 6.08 Å². The molecule has 0 spiro atoms. The van der Waals surface area contributed by atoms with E-state index in [-0.39, 0.29) is 23.5 Å². The largest absolute Gasteiger partial charge is 0.331 e. The minimum atomic E-state index is -3.09. The highest BCUT2D eigenvalue weighted by molar-refractivity contribution is 7.91. The fourth-order valence-corrected chi connectivity index (χ4v) is 5.09. The topological polar surface area (TPSA) is 54.5 Å². The van der Waals surface area contributed by atoms with Gasteiger partial charge in [-0.05, 0) is 36.6 Å². The molecule has 1 aliphatic rings. The number of amides is 1. The molecule has 3 rings (SSSR count). The molecule has 2 aromatic rings. The number of hydrogen-bond acceptors (Lipinski definition) is 3. The Morgan fingerprint density at radius 1 is 1.19 bits per heavy atom. The number of hydrogen-bond donors (Lipinski definition) is 0. The van der Waals surface area contributed by atoms with E-state index in [1.54, 1.807) is 17.0 Å². The first-order valence-corrected chi connectivity index (χ1v) is 11.0. The molecular weight excluding hydrogens is 382 g/mol. The van der Waals surface area contributed by atoms with Gasteiger partial charge < -0.3 is 4.90 Å². The second-order valence-electron chi connectivity index (χ2n) is 6.86. The molecule has 1 aliphatic heterocycles. The predicted octanol–water partition coefficient (Wildman–Crippen LogP) is 3.88. The molecule has 4 nitrogen and oxygen atoms in total. The second kappa shape index (κ2) is 8.28. The van der Waals surface area contributed by atoms with Crippen molar-refractivity contribution in [2.75, 3.05) is 11.5 Å². The molecule has 27 heavy (non-hydrogen) atoms. The van der Waals surface area contributed by atoms with E-state index < -0.39 is 9.84 Å². The number of rotatable bonds is 5. The average Bonchev–Trinajstić information content (AvgIpc) is 3.00. The zero-order valence-electron chi connectivity index (χ0n) is 15.1. The summed E-state index contributed by atoms with van der Waals surface area (Å²) in [6.45, 7) is 2.38. The van der Waals surface area contributed by atoms with Gasteiger partial charge >= 0.3 is 0 Å². The van der Waals surface area contributed by atoms with Crippen molar-refractivity contribution < 1.29 is 13.2 Å². The van der Waals surface area contributed by atoms with Crippen LogP contribution in [0, 0.1) is 6.92 Å². The Balaban J connectivity index is 1.83. The van der Waals surface area contributed by atoms with Crippen LogP contribution >= 0.6 is 11.6 Å². The summed E-state index contributed by atoms with van der Waals surface area (Å²) in [5, 5.41) is 0.565. The van der Waals surface area contributed by atoms with E-state index in [0.717, 1.165) is 16.7 Å². The maximum Gasteiger partial charge on any atom is 0.247 e. The second-order valence-corrected chi connectivity index (χ2v) is 9.50. The summed E-state index contributed by atoms with van der Waals surface area (Å²) in [5.74, 6) is -0.0636. The molecule has 1 fully saturated rings. The lowest BCUT2D eigenvalue weighted by Gasteiger charge is -2.27. The summed E-state index contributed by atoms with van der Waals surface area (Å²) in [6.07, 6.45) is 3.62. The number of aryl methyl sites for hydroxylation is 1. The van der Waals surface area contributed by atoms with Crippen LogP contribution in [0.3, 0.4) is 0 Å². The Hall–Kier alpha value is -2.11. The number of halogens is 1. The van der Waals surface area contributed by atoms with Crippen molar-refractivity contribution in [3.8, 4) is 0 Å². The monoisotopic (exact) mass is 403 g/mol. The van der Waals surface area contributed by atoms with Crippen molar-refractivity contribution in [3.05, 3.63) is 76.3 Å². The maximum absolute atomic E-state index is 12.9. The molecule has 0 bridgehead atoms. The van der Waals surface area contributed by atoms with Crippen LogP contribution < -0.4 is 0 Å². The van der Waals surface area contributed by atoms with Crippen LogP contribution in [0.1, 0.15) is 23.1 Å². The lowest BCUT2D eigenvalue weighted by Crippen LogP contribution is -2.39. The fraction of sp³-hybridized carbons (Fsp3) is 0.286. The molecular formula is C21H22ClNO3S. The van der Waals surface area contributed by atoms with E-state index in [4.69, 9.17) is 11.6 Å². The summed E-state index contributed by atoms with van der Waals surface area (Å²) in [5.41, 5.74) is 2.87. The van der Waals surface area contributed by atoms with Crippen LogP contribution in [0.15, 0.2) is 54.6 Å². The van der Waals surface area contributed by atoms with Gasteiger partial charge in [0.1, 0.15) is 0 Å². The molecule has 0 aliphatic carbocycles. The van der Waals surface area contributed by atoms with Gasteiger partial charge in [0.25, 0.3) is 0 Å². The molecule has 1 atom stereocenters. The minimum Gasteiger partial charge on any atom is -0.331 e. The summed E-state index contributed by atoms with van der Waals surface area (Å²) in [7, 11) is -3.09. The van der Waals surface area contributed by atoms with Gasteiger partial charge in [0.05, 0.1) is 11.5 Å². The Morgan fingerprint density at radius 2 is 1.89 bits per heavy atom. The molecule has 0 radical (unpaired) electrons. The third-order valence-electron chi connectivity index (χ3n) is 4.72. The molecule has 1 unspecified atom stereocenters. The molecule has 1 saturated heterocycles. The number of benzene rings is 2. The first-order valence-electron chi connectivity index (χ1n) is 8.83. The van der Waals surface area contributed by atoms with E-state index in [9.17, 15) is 13.2 Å². The average molecular weight is 404 g/mol. The predicted molar refractivity (Wildman–Crippen MR) is 109 cm³/mol. The Bertz CT molecular complexity index is 952. The van der Waals surface area contributed by atoms with Gasteiger partial charge in [-0.2, -0.15) is 0 Å². The van der Waals surface area contributed by atoms with Gasteiger partial charge in [0, 0.05) is 23.7 Å². The van der Waals surface area contributed by atoms with Crippen molar-refractivity contribution in [1.29, 1.82) is 0 Å². The van der Waals surface area contributed by atoms with Crippen LogP contribution in [0.4, 0.5) is 0 Å². The van der Waals surface area contributed by atoms with Crippen LogP contribution in [0.2, 0.25) is 5.02 Å². The Kier molecular flexibility index (Phi) is 6.02. The Morgan fingerprint density at radius 3 is 2.52 bits per heavy atom. The van der Waals surface area contributed by atoms with Crippen LogP contribution in [0.5, 0.6) is 0 Å². The van der Waals surface area contributed by atoms with Crippen molar-refractivity contribution in [2.24, 2.45) is 0 Å². The summed E-state index contributed by atoms with van der Waals surface area (Å²) in [4.78, 5) is 14.6. The van der Waals surface area contributed by atoms with Gasteiger partial charge in [0.15, 0.2) is 9.84 Å². The molecule has 6 heteroatoms. The zero-order chi connectivity index (χ0) is 19.4. The van der Waals surface area contributed by atoms with Gasteiger partial charge in [-0.3, -0.25) is 4.79 Å². The fourth-order valence-electron chi connectivity index (χ4n) is 3.17. The van der Waals surface area contributed by atoms with Crippen LogP contribution in [-0.4, -0.2) is 36.8 Å². The van der Waals surface area contributed by atoms with E-state index in [0.29, 0.717) is 18.0 Å². The molecule has 0 aromatic heterocycles. The smallest absolute Gasteiger partial charge is 0.247 e. The molecule has 1 heterocycles. The van der Waals surface area contributed by atoms with Gasteiger partial charge in [0.2, 0.25) is 5.91 Å². The number of carbonyl (C=O) groups excluding carboxylic acids is 1. The maximum atomic E-state index is 12.9. The van der Waals surface area contributed by atoms with E-state index in [1.807, 2.05) is 49.4 Å². The van der Waals surface area contributed by atoms with Crippen molar-refractivity contribution in [1.82, 2.24) is 4.90 Å². The summed E-state index contributed by atoms with van der Waals surface area (Å²) < 4.78 is 23.8. The molecule has 0 N–H and O–H groups in total. The van der Waals surface area contributed by atoms with Crippen molar-refractivity contribution in [2.45, 2.75) is 25.9 Å². The normalized spacial score (nSPS) is 18.7. The van der Waals surface area contributed by atoms with Gasteiger partial charge in [-0.25, -0.2) is 8.42 Å². The SMILES string of the molecule is Cc1ccc(CN(C(=O)/C=C/c2ccccc2Cl)C2CCS(=O)(=O)C2)cc1. The van der Waals surface area contributed by atoms with Crippen LogP contribution in [0.25, 0.3) is 6.08 Å². The van der Waals surface area contributed by atoms with Gasteiger partial charge in [-0.15, -0.1) is 0 Å². The summed E-state index contributed by atoms with van der Waals surface area (Å²) >= 11 is 6.14. The van der Waals surface area contributed by atoms with Crippen molar-refractivity contribution in [3.63, 3.8) is 0 Å². The Labute approximate surface area is 165 Å².